The Hall–Kier alpha value is -1.13. The molecule has 0 saturated carbocycles. The van der Waals surface area contributed by atoms with Gasteiger partial charge >= 0.3 is 0 Å². The van der Waals surface area contributed by atoms with Crippen LogP contribution in [0.3, 0.4) is 0 Å². The first-order valence-corrected chi connectivity index (χ1v) is 6.52. The zero-order valence-corrected chi connectivity index (χ0v) is 11.5. The summed E-state index contributed by atoms with van der Waals surface area (Å²) in [5, 5.41) is 9.00. The summed E-state index contributed by atoms with van der Waals surface area (Å²) in [6.07, 6.45) is 5.54. The van der Waals surface area contributed by atoms with Crippen LogP contribution in [0.15, 0.2) is 25.3 Å². The van der Waals surface area contributed by atoms with Gasteiger partial charge in [-0.3, -0.25) is 9.69 Å². The van der Waals surface area contributed by atoms with Gasteiger partial charge in [-0.2, -0.15) is 0 Å². The van der Waals surface area contributed by atoms with Crippen LogP contribution in [0.5, 0.6) is 0 Å². The number of aliphatic hydroxyl groups is 1. The van der Waals surface area contributed by atoms with E-state index in [1.165, 1.54) is 0 Å². The maximum atomic E-state index is 12.1. The largest absolute Gasteiger partial charge is 0.395 e. The third-order valence-electron chi connectivity index (χ3n) is 2.65. The number of unbranched alkanes of at least 4 members (excludes halogenated alkanes) is 1. The first-order chi connectivity index (χ1) is 8.69. The highest BCUT2D eigenvalue weighted by Gasteiger charge is 2.14. The lowest BCUT2D eigenvalue weighted by molar-refractivity contribution is -0.131. The molecule has 0 aliphatic carbocycles. The van der Waals surface area contributed by atoms with Gasteiger partial charge in [0.15, 0.2) is 0 Å². The molecule has 0 aliphatic heterocycles. The second-order valence-electron chi connectivity index (χ2n) is 4.23. The quantitative estimate of drug-likeness (QED) is 0.565. The summed E-state index contributed by atoms with van der Waals surface area (Å²) in [6.45, 7) is 12.3. The predicted molar refractivity (Wildman–Crippen MR) is 75.4 cm³/mol. The van der Waals surface area contributed by atoms with Crippen LogP contribution < -0.4 is 0 Å². The lowest BCUT2D eigenvalue weighted by atomic mass is 10.3. The Balaban J connectivity index is 4.33. The molecule has 0 unspecified atom stereocenters. The Morgan fingerprint density at radius 1 is 1.22 bits per heavy atom. The SMILES string of the molecule is C=CCN(CC=C)C(=O)CN(CCO)CCCC. The molecule has 0 rings (SSSR count). The van der Waals surface area contributed by atoms with Crippen LogP contribution in [-0.4, -0.2) is 60.1 Å². The minimum atomic E-state index is 0.0550. The molecule has 1 N–H and O–H groups in total. The number of aliphatic hydroxyl groups excluding tert-OH is 1. The molecular weight excluding hydrogens is 228 g/mol. The molecule has 0 radical (unpaired) electrons. The number of nitrogens with zero attached hydrogens (tertiary/aromatic N) is 2. The van der Waals surface area contributed by atoms with E-state index >= 15 is 0 Å². The second-order valence-corrected chi connectivity index (χ2v) is 4.23. The van der Waals surface area contributed by atoms with Gasteiger partial charge in [-0.05, 0) is 13.0 Å². The fraction of sp³-hybridized carbons (Fsp3) is 0.643. The lowest BCUT2D eigenvalue weighted by Gasteiger charge is -2.25. The van der Waals surface area contributed by atoms with Gasteiger partial charge in [0, 0.05) is 19.6 Å². The molecule has 4 heteroatoms. The van der Waals surface area contributed by atoms with Crippen molar-refractivity contribution in [3.63, 3.8) is 0 Å². The van der Waals surface area contributed by atoms with E-state index in [-0.39, 0.29) is 12.5 Å². The molecule has 0 aromatic carbocycles. The molecule has 1 amide bonds. The first kappa shape index (κ1) is 16.9. The average molecular weight is 254 g/mol. The van der Waals surface area contributed by atoms with Crippen LogP contribution >= 0.6 is 0 Å². The van der Waals surface area contributed by atoms with Crippen molar-refractivity contribution in [2.45, 2.75) is 19.8 Å². The van der Waals surface area contributed by atoms with Gasteiger partial charge in [-0.15, -0.1) is 13.2 Å². The summed E-state index contributed by atoms with van der Waals surface area (Å²) >= 11 is 0. The molecular formula is C14H26N2O2. The van der Waals surface area contributed by atoms with E-state index in [0.717, 1.165) is 19.4 Å². The van der Waals surface area contributed by atoms with Crippen molar-refractivity contribution in [2.24, 2.45) is 0 Å². The highest BCUT2D eigenvalue weighted by atomic mass is 16.3. The highest BCUT2D eigenvalue weighted by molar-refractivity contribution is 5.78. The smallest absolute Gasteiger partial charge is 0.237 e. The van der Waals surface area contributed by atoms with Crippen molar-refractivity contribution >= 4 is 5.91 Å². The fourth-order valence-electron chi connectivity index (χ4n) is 1.67. The van der Waals surface area contributed by atoms with E-state index in [0.29, 0.717) is 26.2 Å². The van der Waals surface area contributed by atoms with Gasteiger partial charge < -0.3 is 10.0 Å². The van der Waals surface area contributed by atoms with E-state index in [4.69, 9.17) is 5.11 Å². The monoisotopic (exact) mass is 254 g/mol. The Kier molecular flexibility index (Phi) is 10.3. The molecule has 0 aromatic rings. The summed E-state index contributed by atoms with van der Waals surface area (Å²) in [5.74, 6) is 0.0550. The second kappa shape index (κ2) is 11.0. The summed E-state index contributed by atoms with van der Waals surface area (Å²) < 4.78 is 0. The maximum absolute atomic E-state index is 12.1. The number of carbonyl (C=O) groups is 1. The molecule has 0 aromatic heterocycles. The molecule has 0 atom stereocenters. The minimum absolute atomic E-state index is 0.0550. The van der Waals surface area contributed by atoms with Crippen molar-refractivity contribution in [1.29, 1.82) is 0 Å². The zero-order chi connectivity index (χ0) is 13.8. The van der Waals surface area contributed by atoms with Crippen LogP contribution in [0.25, 0.3) is 0 Å². The number of rotatable bonds is 11. The van der Waals surface area contributed by atoms with E-state index in [1.807, 2.05) is 4.90 Å². The fourth-order valence-corrected chi connectivity index (χ4v) is 1.67. The first-order valence-electron chi connectivity index (χ1n) is 6.52. The lowest BCUT2D eigenvalue weighted by Crippen LogP contribution is -2.41. The minimum Gasteiger partial charge on any atom is -0.395 e. The normalized spacial score (nSPS) is 10.4. The Morgan fingerprint density at radius 2 is 1.83 bits per heavy atom. The Morgan fingerprint density at radius 3 is 2.28 bits per heavy atom. The summed E-state index contributed by atoms with van der Waals surface area (Å²) in [7, 11) is 0. The van der Waals surface area contributed by atoms with Crippen molar-refractivity contribution in [3.05, 3.63) is 25.3 Å². The van der Waals surface area contributed by atoms with Crippen molar-refractivity contribution < 1.29 is 9.90 Å². The standard InChI is InChI=1S/C14H26N2O2/c1-4-7-10-15(11-12-17)13-14(18)16(8-5-2)9-6-3/h5-6,17H,2-4,7-13H2,1H3. The summed E-state index contributed by atoms with van der Waals surface area (Å²) in [4.78, 5) is 15.8. The molecule has 18 heavy (non-hydrogen) atoms. The molecule has 0 fully saturated rings. The molecule has 4 nitrogen and oxygen atoms in total. The Labute approximate surface area is 111 Å². The number of carbonyl (C=O) groups excluding carboxylic acids is 1. The van der Waals surface area contributed by atoms with Gasteiger partial charge in [0.1, 0.15) is 0 Å². The molecule has 0 aliphatic rings. The number of amides is 1. The third-order valence-corrected chi connectivity index (χ3v) is 2.65. The molecule has 0 heterocycles. The summed E-state index contributed by atoms with van der Waals surface area (Å²) in [5.41, 5.74) is 0. The van der Waals surface area contributed by atoms with E-state index in [9.17, 15) is 4.79 Å². The van der Waals surface area contributed by atoms with E-state index in [2.05, 4.69) is 20.1 Å². The van der Waals surface area contributed by atoms with Gasteiger partial charge in [0.05, 0.1) is 13.2 Å². The van der Waals surface area contributed by atoms with E-state index in [1.54, 1.807) is 17.1 Å². The van der Waals surface area contributed by atoms with Crippen molar-refractivity contribution in [1.82, 2.24) is 9.80 Å². The van der Waals surface area contributed by atoms with Gasteiger partial charge in [-0.25, -0.2) is 0 Å². The van der Waals surface area contributed by atoms with Gasteiger partial charge in [0.25, 0.3) is 0 Å². The van der Waals surface area contributed by atoms with Crippen LogP contribution in [0, 0.1) is 0 Å². The van der Waals surface area contributed by atoms with Gasteiger partial charge in [-0.1, -0.05) is 25.5 Å². The van der Waals surface area contributed by atoms with Crippen LogP contribution in [-0.2, 0) is 4.79 Å². The predicted octanol–water partition coefficient (Wildman–Crippen LogP) is 1.28. The van der Waals surface area contributed by atoms with Crippen molar-refractivity contribution in [2.75, 3.05) is 39.3 Å². The van der Waals surface area contributed by atoms with Crippen LogP contribution in [0.2, 0.25) is 0 Å². The zero-order valence-electron chi connectivity index (χ0n) is 11.5. The average Bonchev–Trinajstić information content (AvgIpc) is 2.36. The molecule has 0 spiro atoms. The number of hydrogen-bond donors (Lipinski definition) is 1. The third kappa shape index (κ3) is 7.25. The van der Waals surface area contributed by atoms with Crippen LogP contribution in [0.1, 0.15) is 19.8 Å². The maximum Gasteiger partial charge on any atom is 0.237 e. The van der Waals surface area contributed by atoms with E-state index < -0.39 is 0 Å². The topological polar surface area (TPSA) is 43.8 Å². The molecule has 0 bridgehead atoms. The molecule has 0 saturated heterocycles. The van der Waals surface area contributed by atoms with Gasteiger partial charge in [0.2, 0.25) is 5.91 Å². The highest BCUT2D eigenvalue weighted by Crippen LogP contribution is 1.98. The molecule has 104 valence electrons. The van der Waals surface area contributed by atoms with Crippen LogP contribution in [0.4, 0.5) is 0 Å². The van der Waals surface area contributed by atoms with Crippen molar-refractivity contribution in [3.8, 4) is 0 Å². The number of hydrogen-bond acceptors (Lipinski definition) is 3. The Bertz CT molecular complexity index is 244. The summed E-state index contributed by atoms with van der Waals surface area (Å²) in [6, 6.07) is 0.